The molecule has 58 valence electrons. The molecule has 0 aromatic heterocycles. The van der Waals surface area contributed by atoms with Crippen LogP contribution in [0.25, 0.3) is 0 Å². The van der Waals surface area contributed by atoms with E-state index in [-0.39, 0.29) is 18.6 Å². The van der Waals surface area contributed by atoms with Crippen LogP contribution in [-0.2, 0) is 4.79 Å². The third-order valence-corrected chi connectivity index (χ3v) is 1.52. The lowest BCUT2D eigenvalue weighted by molar-refractivity contribution is -0.125. The van der Waals surface area contributed by atoms with Crippen molar-refractivity contribution in [2.75, 3.05) is 0 Å². The first-order valence-corrected chi connectivity index (χ1v) is 3.32. The predicted molar refractivity (Wildman–Crippen MR) is 39.2 cm³/mol. The van der Waals surface area contributed by atoms with E-state index in [2.05, 4.69) is 0 Å². The van der Waals surface area contributed by atoms with Gasteiger partial charge in [0.15, 0.2) is 5.78 Å². The normalized spacial score (nSPS) is 9.82. The van der Waals surface area contributed by atoms with Crippen molar-refractivity contribution >= 4 is 5.78 Å². The molecule has 0 saturated carbocycles. The van der Waals surface area contributed by atoms with E-state index < -0.39 is 5.41 Å². The number of rotatable bonds is 3. The first-order valence-electron chi connectivity index (χ1n) is 3.32. The zero-order chi connectivity index (χ0) is 8.91. The molecule has 3 nitrogen and oxygen atoms in total. The Hall–Kier alpha value is -1.35. The van der Waals surface area contributed by atoms with Crippen molar-refractivity contribution in [3.05, 3.63) is 0 Å². The summed E-state index contributed by atoms with van der Waals surface area (Å²) in [5.41, 5.74) is -0.662. The zero-order valence-corrected chi connectivity index (χ0v) is 6.72. The predicted octanol–water partition coefficient (Wildman–Crippen LogP) is 1.41. The van der Waals surface area contributed by atoms with Gasteiger partial charge in [0.2, 0.25) is 0 Å². The molecule has 3 heteroatoms. The zero-order valence-electron chi connectivity index (χ0n) is 6.72. The van der Waals surface area contributed by atoms with E-state index in [4.69, 9.17) is 10.5 Å². The Kier molecular flexibility index (Phi) is 3.27. The van der Waals surface area contributed by atoms with Gasteiger partial charge in [-0.05, 0) is 0 Å². The molecular weight excluding hydrogens is 140 g/mol. The number of hydrogen-bond acceptors (Lipinski definition) is 3. The summed E-state index contributed by atoms with van der Waals surface area (Å²) in [6.45, 7) is 3.35. The van der Waals surface area contributed by atoms with E-state index in [9.17, 15) is 4.79 Å². The van der Waals surface area contributed by atoms with Crippen LogP contribution >= 0.6 is 0 Å². The third kappa shape index (κ3) is 2.82. The highest BCUT2D eigenvalue weighted by molar-refractivity contribution is 5.85. The monoisotopic (exact) mass is 150 g/mol. The van der Waals surface area contributed by atoms with E-state index in [1.165, 1.54) is 0 Å². The van der Waals surface area contributed by atoms with Gasteiger partial charge in [0.1, 0.15) is 0 Å². The molecule has 0 radical (unpaired) electrons. The number of nitriles is 2. The summed E-state index contributed by atoms with van der Waals surface area (Å²) in [5.74, 6) is -0.165. The van der Waals surface area contributed by atoms with Gasteiger partial charge in [0, 0.05) is 11.8 Å². The van der Waals surface area contributed by atoms with Gasteiger partial charge in [0.05, 0.1) is 18.6 Å². The maximum atomic E-state index is 11.1. The second kappa shape index (κ2) is 3.73. The Morgan fingerprint density at radius 3 is 2.27 bits per heavy atom. The van der Waals surface area contributed by atoms with E-state index in [0.717, 1.165) is 0 Å². The van der Waals surface area contributed by atoms with Gasteiger partial charge in [-0.15, -0.1) is 0 Å². The summed E-state index contributed by atoms with van der Waals surface area (Å²) in [7, 11) is 0. The molecule has 11 heavy (non-hydrogen) atoms. The van der Waals surface area contributed by atoms with Crippen molar-refractivity contribution in [1.82, 2.24) is 0 Å². The summed E-state index contributed by atoms with van der Waals surface area (Å²) in [6.07, 6.45) is 0.0716. The highest BCUT2D eigenvalue weighted by Gasteiger charge is 2.26. The Labute approximate surface area is 66.2 Å². The summed E-state index contributed by atoms with van der Waals surface area (Å²) < 4.78 is 0. The van der Waals surface area contributed by atoms with Gasteiger partial charge in [-0.1, -0.05) is 13.8 Å². The van der Waals surface area contributed by atoms with Gasteiger partial charge in [-0.25, -0.2) is 0 Å². The van der Waals surface area contributed by atoms with Crippen LogP contribution in [0, 0.1) is 28.1 Å². The number of carbonyl (C=O) groups is 1. The van der Waals surface area contributed by atoms with Crippen LogP contribution in [0.4, 0.5) is 0 Å². The Balaban J connectivity index is 4.22. The molecule has 0 aliphatic carbocycles. The number of nitrogens with zero attached hydrogens (tertiary/aromatic N) is 2. The lowest BCUT2D eigenvalue weighted by Crippen LogP contribution is -2.22. The molecule has 0 amide bonds. The van der Waals surface area contributed by atoms with Crippen molar-refractivity contribution < 1.29 is 4.79 Å². The molecule has 0 N–H and O–H groups in total. The van der Waals surface area contributed by atoms with Crippen LogP contribution in [0.3, 0.4) is 0 Å². The van der Waals surface area contributed by atoms with Crippen molar-refractivity contribution in [3.8, 4) is 12.1 Å². The maximum absolute atomic E-state index is 11.1. The smallest absolute Gasteiger partial charge is 0.153 e. The van der Waals surface area contributed by atoms with Gasteiger partial charge < -0.3 is 0 Å². The minimum Gasteiger partial charge on any atom is -0.298 e. The molecule has 0 aromatic carbocycles. The second-order valence-electron chi connectivity index (χ2n) is 2.98. The Morgan fingerprint density at radius 2 is 1.91 bits per heavy atom. The third-order valence-electron chi connectivity index (χ3n) is 1.52. The molecule has 0 atom stereocenters. The van der Waals surface area contributed by atoms with Gasteiger partial charge in [0.25, 0.3) is 0 Å². The molecular formula is C8H10N2O. The van der Waals surface area contributed by atoms with E-state index in [1.54, 1.807) is 19.9 Å². The fourth-order valence-electron chi connectivity index (χ4n) is 0.607. The second-order valence-corrected chi connectivity index (χ2v) is 2.98. The van der Waals surface area contributed by atoms with Gasteiger partial charge in [-0.3, -0.25) is 4.79 Å². The minimum atomic E-state index is -0.662. The topological polar surface area (TPSA) is 64.7 Å². The van der Waals surface area contributed by atoms with Crippen LogP contribution in [-0.4, -0.2) is 5.78 Å². The van der Waals surface area contributed by atoms with Crippen LogP contribution in [0.2, 0.25) is 0 Å². The summed E-state index contributed by atoms with van der Waals surface area (Å²) in [5, 5.41) is 16.5. The standard InChI is InChI=1S/C8H10N2O/c1-8(2,4-6-10)7(11)3-5-9/h3-4H2,1-2H3. The van der Waals surface area contributed by atoms with Crippen molar-refractivity contribution in [2.45, 2.75) is 26.7 Å². The molecule has 0 rings (SSSR count). The molecule has 0 spiro atoms. The molecule has 0 bridgehead atoms. The molecule has 0 saturated heterocycles. The van der Waals surface area contributed by atoms with Crippen LogP contribution in [0.1, 0.15) is 26.7 Å². The fourth-order valence-corrected chi connectivity index (χ4v) is 0.607. The Morgan fingerprint density at radius 1 is 1.36 bits per heavy atom. The summed E-state index contributed by atoms with van der Waals surface area (Å²) in [4.78, 5) is 11.1. The average Bonchev–Trinajstić information content (AvgIpc) is 1.88. The average molecular weight is 150 g/mol. The van der Waals surface area contributed by atoms with E-state index >= 15 is 0 Å². The lowest BCUT2D eigenvalue weighted by Gasteiger charge is -2.16. The highest BCUT2D eigenvalue weighted by atomic mass is 16.1. The van der Waals surface area contributed by atoms with Crippen LogP contribution in [0.15, 0.2) is 0 Å². The summed E-state index contributed by atoms with van der Waals surface area (Å²) in [6, 6.07) is 3.69. The summed E-state index contributed by atoms with van der Waals surface area (Å²) >= 11 is 0. The number of Topliss-reactive ketones (excluding diaryl/α,β-unsaturated/α-hetero) is 1. The van der Waals surface area contributed by atoms with Crippen LogP contribution < -0.4 is 0 Å². The maximum Gasteiger partial charge on any atom is 0.153 e. The van der Waals surface area contributed by atoms with Crippen LogP contribution in [0.5, 0.6) is 0 Å². The number of ketones is 1. The fraction of sp³-hybridized carbons (Fsp3) is 0.625. The first-order chi connectivity index (χ1) is 5.04. The molecule has 0 aliphatic heterocycles. The molecule has 0 aliphatic rings. The largest absolute Gasteiger partial charge is 0.298 e. The van der Waals surface area contributed by atoms with Gasteiger partial charge >= 0.3 is 0 Å². The molecule has 0 heterocycles. The molecule has 0 aromatic rings. The highest BCUT2D eigenvalue weighted by Crippen LogP contribution is 2.21. The van der Waals surface area contributed by atoms with Crippen molar-refractivity contribution in [1.29, 1.82) is 10.5 Å². The number of hydrogen-bond donors (Lipinski definition) is 0. The first kappa shape index (κ1) is 9.65. The van der Waals surface area contributed by atoms with E-state index in [1.807, 2.05) is 6.07 Å². The minimum absolute atomic E-state index is 0.103. The quantitative estimate of drug-likeness (QED) is 0.610. The van der Waals surface area contributed by atoms with Crippen molar-refractivity contribution in [2.24, 2.45) is 5.41 Å². The van der Waals surface area contributed by atoms with Gasteiger partial charge in [-0.2, -0.15) is 10.5 Å². The van der Waals surface area contributed by atoms with E-state index in [0.29, 0.717) is 0 Å². The Bertz CT molecular complexity index is 229. The SMILES string of the molecule is CC(C)(CC#N)C(=O)CC#N. The molecule has 0 unspecified atom stereocenters. The number of carbonyl (C=O) groups excluding carboxylic acids is 1. The van der Waals surface area contributed by atoms with Crippen molar-refractivity contribution in [3.63, 3.8) is 0 Å². The lowest BCUT2D eigenvalue weighted by atomic mass is 9.84. The molecule has 0 fully saturated rings.